The van der Waals surface area contributed by atoms with E-state index >= 15 is 0 Å². The minimum absolute atomic E-state index is 0.149. The van der Waals surface area contributed by atoms with Crippen molar-refractivity contribution >= 4 is 0 Å². The van der Waals surface area contributed by atoms with Crippen LogP contribution in [0.5, 0.6) is 0 Å². The third-order valence-corrected chi connectivity index (χ3v) is 3.79. The molecule has 0 aromatic rings. The van der Waals surface area contributed by atoms with Gasteiger partial charge in [0.2, 0.25) is 0 Å². The number of nitrogens with two attached hydrogens (primary N) is 1. The molecule has 0 bridgehead atoms. The highest BCUT2D eigenvalue weighted by atomic mass is 15.4. The van der Waals surface area contributed by atoms with E-state index in [0.717, 1.165) is 18.9 Å². The summed E-state index contributed by atoms with van der Waals surface area (Å²) in [5.74, 6) is 1.47. The standard InChI is InChI=1S/C14H28N4/c1-10(2)14(11(3)15)17(7)12(4)18-8-13(9-18)16(5)6/h10,13-14H,3-4,8-9,15H2,1-2,5-7H3. The van der Waals surface area contributed by atoms with Crippen LogP contribution in [0.25, 0.3) is 0 Å². The predicted octanol–water partition coefficient (Wildman–Crippen LogP) is 1.13. The molecule has 1 saturated heterocycles. The molecular weight excluding hydrogens is 224 g/mol. The number of rotatable bonds is 6. The maximum atomic E-state index is 5.91. The summed E-state index contributed by atoms with van der Waals surface area (Å²) in [6.45, 7) is 14.5. The molecule has 1 aliphatic rings. The molecule has 1 heterocycles. The van der Waals surface area contributed by atoms with Crippen LogP contribution < -0.4 is 5.73 Å². The van der Waals surface area contributed by atoms with Crippen LogP contribution in [0.15, 0.2) is 24.7 Å². The van der Waals surface area contributed by atoms with E-state index in [0.29, 0.717) is 17.7 Å². The Morgan fingerprint density at radius 3 is 2.06 bits per heavy atom. The maximum Gasteiger partial charge on any atom is 0.0969 e. The third kappa shape index (κ3) is 2.99. The van der Waals surface area contributed by atoms with Crippen LogP contribution in [0.3, 0.4) is 0 Å². The van der Waals surface area contributed by atoms with Crippen molar-refractivity contribution in [1.82, 2.24) is 14.7 Å². The SMILES string of the molecule is C=C(N)C(C(C)C)N(C)C(=C)N1CC(N(C)C)C1. The molecule has 0 spiro atoms. The molecule has 104 valence electrons. The fourth-order valence-corrected chi connectivity index (χ4v) is 2.50. The van der Waals surface area contributed by atoms with Crippen molar-refractivity contribution in [3.05, 3.63) is 24.7 Å². The topological polar surface area (TPSA) is 35.7 Å². The van der Waals surface area contributed by atoms with Gasteiger partial charge in [0.1, 0.15) is 0 Å². The predicted molar refractivity (Wildman–Crippen MR) is 77.9 cm³/mol. The molecule has 0 aromatic carbocycles. The Labute approximate surface area is 112 Å². The van der Waals surface area contributed by atoms with Gasteiger partial charge in [0.25, 0.3) is 0 Å². The molecule has 4 nitrogen and oxygen atoms in total. The molecule has 0 amide bonds. The normalized spacial score (nSPS) is 17.8. The number of likely N-dealkylation sites (tertiary alicyclic amines) is 1. The first-order valence-corrected chi connectivity index (χ1v) is 6.53. The minimum atomic E-state index is 0.149. The van der Waals surface area contributed by atoms with Crippen LogP contribution >= 0.6 is 0 Å². The Morgan fingerprint density at radius 2 is 1.72 bits per heavy atom. The van der Waals surface area contributed by atoms with E-state index in [1.807, 2.05) is 7.05 Å². The second-order valence-electron chi connectivity index (χ2n) is 5.81. The van der Waals surface area contributed by atoms with Crippen LogP contribution in [-0.2, 0) is 0 Å². The average molecular weight is 252 g/mol. The van der Waals surface area contributed by atoms with Crippen LogP contribution in [0, 0.1) is 5.92 Å². The fourth-order valence-electron chi connectivity index (χ4n) is 2.50. The van der Waals surface area contributed by atoms with Gasteiger partial charge < -0.3 is 20.4 Å². The number of nitrogens with zero attached hydrogens (tertiary/aromatic N) is 3. The van der Waals surface area contributed by atoms with Gasteiger partial charge in [0, 0.05) is 31.9 Å². The summed E-state index contributed by atoms with van der Waals surface area (Å²) in [7, 11) is 6.29. The number of hydrogen-bond donors (Lipinski definition) is 1. The van der Waals surface area contributed by atoms with Gasteiger partial charge in [-0.15, -0.1) is 0 Å². The first-order valence-electron chi connectivity index (χ1n) is 6.53. The van der Waals surface area contributed by atoms with Crippen LogP contribution in [-0.4, -0.2) is 61.0 Å². The molecule has 1 unspecified atom stereocenters. The summed E-state index contributed by atoms with van der Waals surface area (Å²) < 4.78 is 0. The Morgan fingerprint density at radius 1 is 1.22 bits per heavy atom. The molecular formula is C14H28N4. The van der Waals surface area contributed by atoms with Gasteiger partial charge in [-0.1, -0.05) is 27.0 Å². The molecule has 4 heteroatoms. The molecule has 1 fully saturated rings. The highest BCUT2D eigenvalue weighted by Gasteiger charge is 2.32. The molecule has 0 radical (unpaired) electrons. The first kappa shape index (κ1) is 14.9. The summed E-state index contributed by atoms with van der Waals surface area (Å²) in [5, 5.41) is 0. The van der Waals surface area contributed by atoms with E-state index in [-0.39, 0.29) is 6.04 Å². The summed E-state index contributed by atoms with van der Waals surface area (Å²) >= 11 is 0. The fraction of sp³-hybridized carbons (Fsp3) is 0.714. The molecule has 2 N–H and O–H groups in total. The number of likely N-dealkylation sites (N-methyl/N-ethyl adjacent to an activating group) is 2. The molecule has 1 aliphatic heterocycles. The van der Waals surface area contributed by atoms with Crippen LogP contribution in [0.4, 0.5) is 0 Å². The summed E-state index contributed by atoms with van der Waals surface area (Å²) in [4.78, 5) is 6.70. The van der Waals surface area contributed by atoms with Gasteiger partial charge in [0.05, 0.1) is 11.9 Å². The minimum Gasteiger partial charge on any atom is -0.401 e. The molecule has 18 heavy (non-hydrogen) atoms. The summed E-state index contributed by atoms with van der Waals surface area (Å²) in [5.41, 5.74) is 6.61. The van der Waals surface area contributed by atoms with E-state index in [1.165, 1.54) is 0 Å². The van der Waals surface area contributed by atoms with E-state index in [4.69, 9.17) is 5.73 Å². The van der Waals surface area contributed by atoms with Crippen LogP contribution in [0.2, 0.25) is 0 Å². The maximum absolute atomic E-state index is 5.91. The lowest BCUT2D eigenvalue weighted by atomic mass is 10.00. The van der Waals surface area contributed by atoms with E-state index < -0.39 is 0 Å². The second kappa shape index (κ2) is 5.65. The zero-order valence-electron chi connectivity index (χ0n) is 12.5. The molecule has 0 aromatic heterocycles. The molecule has 1 atom stereocenters. The van der Waals surface area contributed by atoms with Gasteiger partial charge >= 0.3 is 0 Å². The van der Waals surface area contributed by atoms with Crippen molar-refractivity contribution < 1.29 is 0 Å². The van der Waals surface area contributed by atoms with Gasteiger partial charge in [-0.05, 0) is 20.0 Å². The van der Waals surface area contributed by atoms with Crippen molar-refractivity contribution in [3.8, 4) is 0 Å². The van der Waals surface area contributed by atoms with E-state index in [2.05, 4.69) is 55.8 Å². The molecule has 1 rings (SSSR count). The Kier molecular flexibility index (Phi) is 4.68. The lowest BCUT2D eigenvalue weighted by Crippen LogP contribution is -2.59. The van der Waals surface area contributed by atoms with Crippen molar-refractivity contribution in [2.45, 2.75) is 25.9 Å². The molecule has 0 saturated carbocycles. The van der Waals surface area contributed by atoms with Crippen molar-refractivity contribution in [1.29, 1.82) is 0 Å². The Hall–Kier alpha value is -1.16. The quantitative estimate of drug-likeness (QED) is 0.769. The summed E-state index contributed by atoms with van der Waals surface area (Å²) in [6.07, 6.45) is 0. The molecule has 0 aliphatic carbocycles. The average Bonchev–Trinajstić information content (AvgIpc) is 2.12. The van der Waals surface area contributed by atoms with Gasteiger partial charge in [-0.2, -0.15) is 0 Å². The lowest BCUT2D eigenvalue weighted by molar-refractivity contribution is 0.0568. The highest BCUT2D eigenvalue weighted by molar-refractivity contribution is 5.10. The van der Waals surface area contributed by atoms with Crippen molar-refractivity contribution in [3.63, 3.8) is 0 Å². The smallest absolute Gasteiger partial charge is 0.0969 e. The van der Waals surface area contributed by atoms with E-state index in [1.54, 1.807) is 0 Å². The van der Waals surface area contributed by atoms with Crippen molar-refractivity contribution in [2.24, 2.45) is 11.7 Å². The Balaban J connectivity index is 2.59. The monoisotopic (exact) mass is 252 g/mol. The van der Waals surface area contributed by atoms with Gasteiger partial charge in [0.15, 0.2) is 0 Å². The van der Waals surface area contributed by atoms with Crippen molar-refractivity contribution in [2.75, 3.05) is 34.2 Å². The summed E-state index contributed by atoms with van der Waals surface area (Å²) in [6, 6.07) is 0.782. The third-order valence-electron chi connectivity index (χ3n) is 3.79. The highest BCUT2D eigenvalue weighted by Crippen LogP contribution is 2.24. The lowest BCUT2D eigenvalue weighted by Gasteiger charge is -2.49. The second-order valence-corrected chi connectivity index (χ2v) is 5.81. The largest absolute Gasteiger partial charge is 0.401 e. The van der Waals surface area contributed by atoms with Gasteiger partial charge in [-0.25, -0.2) is 0 Å². The van der Waals surface area contributed by atoms with E-state index in [9.17, 15) is 0 Å². The van der Waals surface area contributed by atoms with Crippen LogP contribution in [0.1, 0.15) is 13.8 Å². The zero-order chi connectivity index (χ0) is 14.0. The first-order chi connectivity index (χ1) is 8.25. The Bertz CT molecular complexity index is 316. The van der Waals surface area contributed by atoms with Gasteiger partial charge in [-0.3, -0.25) is 0 Å². The number of hydrogen-bond acceptors (Lipinski definition) is 4. The zero-order valence-corrected chi connectivity index (χ0v) is 12.5.